The van der Waals surface area contributed by atoms with Gasteiger partial charge in [0.1, 0.15) is 12.0 Å². The molecule has 8 nitrogen and oxygen atoms in total. The van der Waals surface area contributed by atoms with Crippen molar-refractivity contribution in [2.24, 2.45) is 0 Å². The average molecular weight is 341 g/mol. The Morgan fingerprint density at radius 2 is 1.87 bits per heavy atom. The van der Waals surface area contributed by atoms with E-state index in [-0.39, 0.29) is 11.8 Å². The number of piperazine rings is 1. The van der Waals surface area contributed by atoms with Crippen molar-refractivity contribution >= 4 is 34.9 Å². The highest BCUT2D eigenvalue weighted by atomic mass is 35.5. The second-order valence-electron chi connectivity index (χ2n) is 5.20. The van der Waals surface area contributed by atoms with E-state index >= 15 is 0 Å². The first-order chi connectivity index (χ1) is 11.0. The van der Waals surface area contributed by atoms with E-state index in [0.29, 0.717) is 55.8 Å². The lowest BCUT2D eigenvalue weighted by molar-refractivity contribution is -0.138. The molecule has 0 aromatic carbocycles. The van der Waals surface area contributed by atoms with E-state index in [1.165, 1.54) is 6.33 Å². The molecular weight excluding hydrogens is 320 g/mol. The van der Waals surface area contributed by atoms with Gasteiger partial charge in [-0.05, 0) is 0 Å². The lowest BCUT2D eigenvalue weighted by atomic mass is 10.2. The molecule has 2 N–H and O–H groups in total. The van der Waals surface area contributed by atoms with Crippen LogP contribution in [0, 0.1) is 0 Å². The van der Waals surface area contributed by atoms with Crippen molar-refractivity contribution in [2.75, 3.05) is 50.4 Å². The van der Waals surface area contributed by atoms with Gasteiger partial charge in [0.15, 0.2) is 11.0 Å². The van der Waals surface area contributed by atoms with Crippen LogP contribution in [0.4, 0.5) is 11.5 Å². The second kappa shape index (κ2) is 7.96. The summed E-state index contributed by atoms with van der Waals surface area (Å²) in [7, 11) is 1.73. The summed E-state index contributed by atoms with van der Waals surface area (Å²) in [6, 6.07) is 0. The molecule has 1 aromatic heterocycles. The van der Waals surface area contributed by atoms with Crippen LogP contribution in [0.1, 0.15) is 13.3 Å². The van der Waals surface area contributed by atoms with E-state index < -0.39 is 0 Å². The van der Waals surface area contributed by atoms with Crippen LogP contribution in [0.5, 0.6) is 0 Å². The summed E-state index contributed by atoms with van der Waals surface area (Å²) in [4.78, 5) is 35.0. The first-order valence-corrected chi connectivity index (χ1v) is 7.86. The summed E-state index contributed by atoms with van der Waals surface area (Å²) in [5.74, 6) is 0.688. The van der Waals surface area contributed by atoms with Gasteiger partial charge in [-0.2, -0.15) is 0 Å². The summed E-state index contributed by atoms with van der Waals surface area (Å²) in [6.45, 7) is 4.36. The molecule has 126 valence electrons. The fraction of sp³-hybridized carbons (Fsp3) is 0.571. The van der Waals surface area contributed by atoms with Gasteiger partial charge in [0.2, 0.25) is 11.8 Å². The molecule has 0 atom stereocenters. The Balaban J connectivity index is 1.80. The molecule has 1 aliphatic heterocycles. The van der Waals surface area contributed by atoms with Crippen LogP contribution in [0.15, 0.2) is 6.33 Å². The van der Waals surface area contributed by atoms with E-state index in [1.807, 2.05) is 0 Å². The number of rotatable bonds is 5. The molecule has 0 spiro atoms. The Bertz CT molecular complexity index is 574. The number of carbonyl (C=O) groups is 2. The number of nitrogens with one attached hydrogen (secondary N) is 2. The van der Waals surface area contributed by atoms with E-state index in [2.05, 4.69) is 20.6 Å². The monoisotopic (exact) mass is 340 g/mol. The minimum Gasteiger partial charge on any atom is -0.383 e. The van der Waals surface area contributed by atoms with Crippen molar-refractivity contribution in [1.29, 1.82) is 0 Å². The number of nitrogens with zero attached hydrogens (tertiary/aromatic N) is 4. The van der Waals surface area contributed by atoms with Crippen molar-refractivity contribution in [2.45, 2.75) is 13.3 Å². The normalized spacial score (nSPS) is 14.6. The van der Waals surface area contributed by atoms with Crippen LogP contribution in [0.25, 0.3) is 0 Å². The molecule has 0 bridgehead atoms. The molecular formula is C14H21ClN6O2. The van der Waals surface area contributed by atoms with Crippen molar-refractivity contribution in [3.63, 3.8) is 0 Å². The SMILES string of the molecule is CNc1c(Cl)ncnc1NCCC(=O)N1CCN(C(C)=O)CC1. The van der Waals surface area contributed by atoms with Gasteiger partial charge in [-0.1, -0.05) is 11.6 Å². The lowest BCUT2D eigenvalue weighted by Gasteiger charge is -2.34. The molecule has 0 saturated carbocycles. The average Bonchev–Trinajstić information content (AvgIpc) is 2.55. The number of halogens is 1. The van der Waals surface area contributed by atoms with Gasteiger partial charge in [0.25, 0.3) is 0 Å². The zero-order valence-electron chi connectivity index (χ0n) is 13.3. The van der Waals surface area contributed by atoms with E-state index in [4.69, 9.17) is 11.6 Å². The van der Waals surface area contributed by atoms with Crippen molar-refractivity contribution in [3.05, 3.63) is 11.5 Å². The number of carbonyl (C=O) groups excluding carboxylic acids is 2. The Morgan fingerprint density at radius 1 is 1.22 bits per heavy atom. The molecule has 0 unspecified atom stereocenters. The van der Waals surface area contributed by atoms with Crippen LogP contribution >= 0.6 is 11.6 Å². The van der Waals surface area contributed by atoms with Gasteiger partial charge in [-0.3, -0.25) is 9.59 Å². The van der Waals surface area contributed by atoms with Gasteiger partial charge >= 0.3 is 0 Å². The number of anilines is 2. The molecule has 2 amide bonds. The third-order valence-electron chi connectivity index (χ3n) is 3.76. The van der Waals surface area contributed by atoms with Gasteiger partial charge in [-0.25, -0.2) is 9.97 Å². The van der Waals surface area contributed by atoms with Crippen LogP contribution < -0.4 is 10.6 Å². The van der Waals surface area contributed by atoms with E-state index in [0.717, 1.165) is 0 Å². The highest BCUT2D eigenvalue weighted by Gasteiger charge is 2.21. The summed E-state index contributed by atoms with van der Waals surface area (Å²) in [5.41, 5.74) is 0.608. The first-order valence-electron chi connectivity index (χ1n) is 7.48. The molecule has 23 heavy (non-hydrogen) atoms. The number of hydrogen-bond donors (Lipinski definition) is 2. The summed E-state index contributed by atoms with van der Waals surface area (Å²) in [5, 5.41) is 6.35. The second-order valence-corrected chi connectivity index (χ2v) is 5.56. The molecule has 1 saturated heterocycles. The van der Waals surface area contributed by atoms with Gasteiger partial charge < -0.3 is 20.4 Å². The minimum atomic E-state index is 0.0546. The predicted molar refractivity (Wildman–Crippen MR) is 88.5 cm³/mol. The molecule has 1 aliphatic rings. The Hall–Kier alpha value is -2.09. The Labute approximate surface area is 140 Å². The maximum atomic E-state index is 12.2. The molecule has 0 aliphatic carbocycles. The maximum Gasteiger partial charge on any atom is 0.224 e. The van der Waals surface area contributed by atoms with Gasteiger partial charge in [-0.15, -0.1) is 0 Å². The number of aromatic nitrogens is 2. The quantitative estimate of drug-likeness (QED) is 0.765. The van der Waals surface area contributed by atoms with Crippen molar-refractivity contribution < 1.29 is 9.59 Å². The minimum absolute atomic E-state index is 0.0546. The molecule has 2 heterocycles. The Kier molecular flexibility index (Phi) is 5.97. The van der Waals surface area contributed by atoms with Crippen LogP contribution in [0.3, 0.4) is 0 Å². The van der Waals surface area contributed by atoms with Crippen molar-refractivity contribution in [1.82, 2.24) is 19.8 Å². The van der Waals surface area contributed by atoms with Crippen LogP contribution in [-0.4, -0.2) is 71.4 Å². The zero-order chi connectivity index (χ0) is 16.8. The maximum absolute atomic E-state index is 12.2. The topological polar surface area (TPSA) is 90.5 Å². The summed E-state index contributed by atoms with van der Waals surface area (Å²) >= 11 is 5.97. The third-order valence-corrected chi connectivity index (χ3v) is 4.05. The summed E-state index contributed by atoms with van der Waals surface area (Å²) in [6.07, 6.45) is 1.72. The lowest BCUT2D eigenvalue weighted by Crippen LogP contribution is -2.50. The molecule has 0 radical (unpaired) electrons. The fourth-order valence-electron chi connectivity index (χ4n) is 2.44. The molecule has 1 fully saturated rings. The van der Waals surface area contributed by atoms with Crippen LogP contribution in [-0.2, 0) is 9.59 Å². The molecule has 1 aromatic rings. The predicted octanol–water partition coefficient (Wildman–Crippen LogP) is 0.664. The summed E-state index contributed by atoms with van der Waals surface area (Å²) < 4.78 is 0. The largest absolute Gasteiger partial charge is 0.383 e. The molecule has 2 rings (SSSR count). The first kappa shape index (κ1) is 17.3. The van der Waals surface area contributed by atoms with Crippen molar-refractivity contribution in [3.8, 4) is 0 Å². The zero-order valence-corrected chi connectivity index (χ0v) is 14.1. The van der Waals surface area contributed by atoms with E-state index in [9.17, 15) is 9.59 Å². The fourth-order valence-corrected chi connectivity index (χ4v) is 2.66. The standard InChI is InChI=1S/C14H21ClN6O2/c1-10(22)20-5-7-21(8-6-20)11(23)3-4-17-14-12(16-2)13(15)18-9-19-14/h9,16H,3-8H2,1-2H3,(H,17,18,19). The van der Waals surface area contributed by atoms with Gasteiger partial charge in [0, 0.05) is 53.1 Å². The highest BCUT2D eigenvalue weighted by molar-refractivity contribution is 6.32. The highest BCUT2D eigenvalue weighted by Crippen LogP contribution is 2.25. The van der Waals surface area contributed by atoms with Gasteiger partial charge in [0.05, 0.1) is 0 Å². The molecule has 9 heteroatoms. The smallest absolute Gasteiger partial charge is 0.224 e. The van der Waals surface area contributed by atoms with Crippen LogP contribution in [0.2, 0.25) is 5.15 Å². The van der Waals surface area contributed by atoms with E-state index in [1.54, 1.807) is 23.8 Å². The Morgan fingerprint density at radius 3 is 2.48 bits per heavy atom. The third kappa shape index (κ3) is 4.44. The number of amides is 2. The number of hydrogen-bond acceptors (Lipinski definition) is 6.